The summed E-state index contributed by atoms with van der Waals surface area (Å²) in [6.07, 6.45) is 1.55. The van der Waals surface area contributed by atoms with Crippen molar-refractivity contribution in [3.63, 3.8) is 0 Å². The van der Waals surface area contributed by atoms with Crippen LogP contribution in [0.3, 0.4) is 0 Å². The first kappa shape index (κ1) is 13.3. The van der Waals surface area contributed by atoms with E-state index in [0.717, 1.165) is 41.4 Å². The van der Waals surface area contributed by atoms with Crippen molar-refractivity contribution in [3.8, 4) is 0 Å². The molecule has 6 heteroatoms. The maximum Gasteiger partial charge on any atom is 0.224 e. The molecule has 1 saturated heterocycles. The molecule has 3 rings (SSSR count). The molecule has 2 aromatic heterocycles. The van der Waals surface area contributed by atoms with E-state index in [9.17, 15) is 4.79 Å². The molecule has 1 atom stereocenters. The number of likely N-dealkylation sites (tertiary alicyclic amines) is 1. The number of nitrogens with one attached hydrogen (secondary N) is 1. The highest BCUT2D eigenvalue weighted by Gasteiger charge is 2.29. The first-order chi connectivity index (χ1) is 9.67. The zero-order valence-electron chi connectivity index (χ0n) is 11.7. The fourth-order valence-electron chi connectivity index (χ4n) is 2.62. The van der Waals surface area contributed by atoms with Crippen molar-refractivity contribution in [2.24, 2.45) is 0 Å². The highest BCUT2D eigenvalue weighted by Crippen LogP contribution is 2.26. The Morgan fingerprint density at radius 3 is 3.15 bits per heavy atom. The molecule has 1 aliphatic rings. The monoisotopic (exact) mass is 290 g/mol. The van der Waals surface area contributed by atoms with E-state index in [-0.39, 0.29) is 11.9 Å². The van der Waals surface area contributed by atoms with Crippen LogP contribution in [0.25, 0.3) is 10.2 Å². The number of fused-ring (bicyclic) bond motifs is 1. The Kier molecular flexibility index (Phi) is 3.56. The van der Waals surface area contributed by atoms with Crippen molar-refractivity contribution in [1.29, 1.82) is 0 Å². The van der Waals surface area contributed by atoms with Gasteiger partial charge in [-0.15, -0.1) is 11.3 Å². The van der Waals surface area contributed by atoms with Crippen LogP contribution in [0.15, 0.2) is 11.4 Å². The minimum atomic E-state index is 0.145. The highest BCUT2D eigenvalue weighted by molar-refractivity contribution is 7.16. The smallest absolute Gasteiger partial charge is 0.224 e. The summed E-state index contributed by atoms with van der Waals surface area (Å²) in [5.74, 6) is 1.85. The van der Waals surface area contributed by atoms with Crippen LogP contribution >= 0.6 is 11.3 Å². The average molecular weight is 290 g/mol. The lowest BCUT2D eigenvalue weighted by Crippen LogP contribution is -2.28. The van der Waals surface area contributed by atoms with E-state index in [4.69, 9.17) is 0 Å². The van der Waals surface area contributed by atoms with Crippen LogP contribution in [0, 0.1) is 6.92 Å². The number of carbonyl (C=O) groups excluding carboxylic acids is 1. The van der Waals surface area contributed by atoms with Gasteiger partial charge in [-0.1, -0.05) is 6.92 Å². The molecule has 1 amide bonds. The third-order valence-corrected chi connectivity index (χ3v) is 4.29. The molecule has 5 nitrogen and oxygen atoms in total. The molecular weight excluding hydrogens is 272 g/mol. The van der Waals surface area contributed by atoms with Gasteiger partial charge in [0.2, 0.25) is 5.91 Å². The Morgan fingerprint density at radius 1 is 1.50 bits per heavy atom. The predicted molar refractivity (Wildman–Crippen MR) is 81.1 cm³/mol. The summed E-state index contributed by atoms with van der Waals surface area (Å²) in [5, 5.41) is 6.49. The van der Waals surface area contributed by atoms with Gasteiger partial charge in [0.05, 0.1) is 11.4 Å². The number of hydrogen-bond donors (Lipinski definition) is 1. The maximum atomic E-state index is 11.9. The molecule has 106 valence electrons. The number of thiophene rings is 1. The second-order valence-corrected chi connectivity index (χ2v) is 6.04. The molecule has 0 aliphatic carbocycles. The summed E-state index contributed by atoms with van der Waals surface area (Å²) < 4.78 is 0. The Labute approximate surface area is 122 Å². The van der Waals surface area contributed by atoms with E-state index < -0.39 is 0 Å². The van der Waals surface area contributed by atoms with E-state index >= 15 is 0 Å². The number of aromatic nitrogens is 2. The summed E-state index contributed by atoms with van der Waals surface area (Å²) in [4.78, 5) is 23.7. The molecule has 20 heavy (non-hydrogen) atoms. The topological polar surface area (TPSA) is 58.1 Å². The zero-order valence-corrected chi connectivity index (χ0v) is 12.5. The number of nitrogens with zero attached hydrogens (tertiary/aromatic N) is 3. The van der Waals surface area contributed by atoms with Crippen molar-refractivity contribution in [2.75, 3.05) is 18.4 Å². The van der Waals surface area contributed by atoms with E-state index in [1.54, 1.807) is 11.3 Å². The van der Waals surface area contributed by atoms with Gasteiger partial charge in [-0.3, -0.25) is 4.79 Å². The lowest BCUT2D eigenvalue weighted by molar-refractivity contribution is -0.127. The van der Waals surface area contributed by atoms with E-state index in [2.05, 4.69) is 22.2 Å². The fraction of sp³-hybridized carbons (Fsp3) is 0.500. The van der Waals surface area contributed by atoms with E-state index in [0.29, 0.717) is 6.42 Å². The predicted octanol–water partition coefficient (Wildman–Crippen LogP) is 2.42. The molecule has 1 fully saturated rings. The molecule has 3 heterocycles. The van der Waals surface area contributed by atoms with E-state index in [1.807, 2.05) is 23.3 Å². The van der Waals surface area contributed by atoms with Gasteiger partial charge < -0.3 is 10.2 Å². The fourth-order valence-corrected chi connectivity index (χ4v) is 3.43. The Morgan fingerprint density at radius 2 is 2.35 bits per heavy atom. The molecular formula is C14H18N4OS. The number of aryl methyl sites for hydroxylation is 1. The molecule has 0 bridgehead atoms. The molecule has 0 radical (unpaired) electrons. The van der Waals surface area contributed by atoms with Crippen LogP contribution in [-0.4, -0.2) is 39.9 Å². The van der Waals surface area contributed by atoms with Crippen LogP contribution in [-0.2, 0) is 4.79 Å². The molecule has 1 N–H and O–H groups in total. The Hall–Kier alpha value is -1.69. The van der Waals surface area contributed by atoms with Crippen LogP contribution in [0.4, 0.5) is 5.82 Å². The van der Waals surface area contributed by atoms with Gasteiger partial charge in [0.25, 0.3) is 0 Å². The standard InChI is InChI=1S/C14H18N4OS/c1-3-5-18-8-10(7-12(18)19)17-13-11-4-6-20-14(11)16-9(2)15-13/h4,6,10H,3,5,7-8H2,1-2H3,(H,15,16,17)/t10-/m0/s1. The summed E-state index contributed by atoms with van der Waals surface area (Å²) >= 11 is 1.61. The number of amides is 1. The van der Waals surface area contributed by atoms with Gasteiger partial charge >= 0.3 is 0 Å². The van der Waals surface area contributed by atoms with Crippen molar-refractivity contribution >= 4 is 33.3 Å². The second-order valence-electron chi connectivity index (χ2n) is 5.14. The van der Waals surface area contributed by atoms with Gasteiger partial charge in [0.15, 0.2) is 0 Å². The minimum absolute atomic E-state index is 0.145. The number of rotatable bonds is 4. The molecule has 0 aromatic carbocycles. The number of hydrogen-bond acceptors (Lipinski definition) is 5. The maximum absolute atomic E-state index is 11.9. The third kappa shape index (κ3) is 2.47. The van der Waals surface area contributed by atoms with E-state index in [1.165, 1.54) is 0 Å². The zero-order chi connectivity index (χ0) is 14.1. The van der Waals surface area contributed by atoms with Crippen molar-refractivity contribution < 1.29 is 4.79 Å². The van der Waals surface area contributed by atoms with Gasteiger partial charge in [-0.2, -0.15) is 0 Å². The van der Waals surface area contributed by atoms with Crippen LogP contribution in [0.2, 0.25) is 0 Å². The largest absolute Gasteiger partial charge is 0.364 e. The molecule has 0 unspecified atom stereocenters. The normalized spacial score (nSPS) is 19.0. The first-order valence-electron chi connectivity index (χ1n) is 6.93. The first-order valence-corrected chi connectivity index (χ1v) is 7.81. The van der Waals surface area contributed by atoms with Crippen LogP contribution < -0.4 is 5.32 Å². The van der Waals surface area contributed by atoms with Crippen LogP contribution in [0.5, 0.6) is 0 Å². The van der Waals surface area contributed by atoms with Gasteiger partial charge in [-0.05, 0) is 24.8 Å². The summed E-state index contributed by atoms with van der Waals surface area (Å²) in [6.45, 7) is 5.60. The van der Waals surface area contributed by atoms with Crippen molar-refractivity contribution in [1.82, 2.24) is 14.9 Å². The molecule has 1 aliphatic heterocycles. The summed E-state index contributed by atoms with van der Waals surface area (Å²) in [5.41, 5.74) is 0. The van der Waals surface area contributed by atoms with Gasteiger partial charge in [-0.25, -0.2) is 9.97 Å². The SMILES string of the molecule is CCCN1C[C@@H](Nc2nc(C)nc3sccc23)CC1=O. The molecule has 0 saturated carbocycles. The number of anilines is 1. The minimum Gasteiger partial charge on any atom is -0.364 e. The van der Waals surface area contributed by atoms with Crippen LogP contribution in [0.1, 0.15) is 25.6 Å². The third-order valence-electron chi connectivity index (χ3n) is 3.49. The summed E-state index contributed by atoms with van der Waals surface area (Å²) in [7, 11) is 0. The van der Waals surface area contributed by atoms with Gasteiger partial charge in [0, 0.05) is 19.5 Å². The Balaban J connectivity index is 1.80. The highest BCUT2D eigenvalue weighted by atomic mass is 32.1. The summed E-state index contributed by atoms with van der Waals surface area (Å²) in [6, 6.07) is 2.17. The van der Waals surface area contributed by atoms with Crippen molar-refractivity contribution in [3.05, 3.63) is 17.3 Å². The van der Waals surface area contributed by atoms with Crippen molar-refractivity contribution in [2.45, 2.75) is 32.7 Å². The quantitative estimate of drug-likeness (QED) is 0.939. The molecule has 2 aromatic rings. The average Bonchev–Trinajstić information content (AvgIpc) is 2.97. The Bertz CT molecular complexity index is 639. The lowest BCUT2D eigenvalue weighted by atomic mass is 10.2. The lowest BCUT2D eigenvalue weighted by Gasteiger charge is -2.16. The van der Waals surface area contributed by atoms with Gasteiger partial charge in [0.1, 0.15) is 16.5 Å². The molecule has 0 spiro atoms. The second kappa shape index (κ2) is 5.36. The number of carbonyl (C=O) groups is 1.